The van der Waals surface area contributed by atoms with Gasteiger partial charge in [0.25, 0.3) is 0 Å². The third kappa shape index (κ3) is 11.9. The second-order valence-corrected chi connectivity index (χ2v) is 15.1. The van der Waals surface area contributed by atoms with E-state index in [9.17, 15) is 91.0 Å². The molecule has 28 heteroatoms. The van der Waals surface area contributed by atoms with Crippen LogP contribution in [0.25, 0.3) is 0 Å². The molecule has 0 spiro atoms. The molecule has 4 aliphatic rings. The fourth-order valence-electron chi connectivity index (χ4n) is 7.22. The lowest BCUT2D eigenvalue weighted by Gasteiger charge is -2.49. The first kappa shape index (κ1) is 52.3. The molecule has 0 bridgehead atoms. The number of hydrogen-bond acceptors (Lipinski definition) is 26. The molecule has 62 heavy (non-hydrogen) atoms. The van der Waals surface area contributed by atoms with E-state index >= 15 is 0 Å². The van der Waals surface area contributed by atoms with Gasteiger partial charge in [-0.2, -0.15) is 0 Å². The van der Waals surface area contributed by atoms with E-state index in [0.717, 1.165) is 13.8 Å². The topological polar surface area (TPSA) is 453 Å². The van der Waals surface area contributed by atoms with Crippen LogP contribution in [0.5, 0.6) is 0 Å². The molecule has 24 atom stereocenters. The van der Waals surface area contributed by atoms with E-state index in [0.29, 0.717) is 0 Å². The zero-order valence-corrected chi connectivity index (χ0v) is 33.2. The highest BCUT2D eigenvalue weighted by molar-refractivity contribution is 5.77. The minimum absolute atomic E-state index is 0.0887. The van der Waals surface area contributed by atoms with E-state index in [1.165, 1.54) is 0 Å². The summed E-state index contributed by atoms with van der Waals surface area (Å²) >= 11 is 0. The Kier molecular flexibility index (Phi) is 19.6. The molecule has 28 nitrogen and oxygen atoms in total. The number of ether oxygens (including phenoxy) is 8. The smallest absolute Gasteiger partial charge is 0.217 e. The molecule has 0 unspecified atom stereocenters. The zero-order chi connectivity index (χ0) is 46.3. The molecule has 0 aromatic heterocycles. The molecule has 360 valence electrons. The van der Waals surface area contributed by atoms with E-state index in [2.05, 4.69) is 10.6 Å². The summed E-state index contributed by atoms with van der Waals surface area (Å²) < 4.78 is 45.1. The maximum Gasteiger partial charge on any atom is 0.217 e. The summed E-state index contributed by atoms with van der Waals surface area (Å²) in [7, 11) is 0. The second-order valence-electron chi connectivity index (χ2n) is 15.1. The molecule has 17 N–H and O–H groups in total. The van der Waals surface area contributed by atoms with Crippen LogP contribution in [0.15, 0.2) is 0 Å². The number of rotatable bonds is 19. The fourth-order valence-corrected chi connectivity index (χ4v) is 7.22. The number of carbonyl (C=O) groups is 3. The lowest BCUT2D eigenvalue weighted by molar-refractivity contribution is -0.377. The average Bonchev–Trinajstić information content (AvgIpc) is 3.24. The Morgan fingerprint density at radius 1 is 0.597 bits per heavy atom. The number of amides is 2. The molecule has 4 aliphatic heterocycles. The molecular weight excluding hydrogens is 852 g/mol. The summed E-state index contributed by atoms with van der Waals surface area (Å²) in [5, 5.41) is 162. The highest BCUT2D eigenvalue weighted by Crippen LogP contribution is 2.34. The van der Waals surface area contributed by atoms with Gasteiger partial charge in [0.2, 0.25) is 11.8 Å². The largest absolute Gasteiger partial charge is 0.394 e. The van der Waals surface area contributed by atoms with Gasteiger partial charge in [-0.1, -0.05) is 0 Å². The molecule has 4 rings (SSSR count). The Morgan fingerprint density at radius 3 is 1.63 bits per heavy atom. The summed E-state index contributed by atoms with van der Waals surface area (Å²) in [5.74, 6) is -1.60. The Bertz CT molecular complexity index is 1420. The van der Waals surface area contributed by atoms with E-state index < -0.39 is 192 Å². The van der Waals surface area contributed by atoms with Crippen LogP contribution >= 0.6 is 0 Å². The van der Waals surface area contributed by atoms with E-state index in [1.807, 2.05) is 0 Å². The van der Waals surface area contributed by atoms with Crippen molar-refractivity contribution in [3.63, 3.8) is 0 Å². The first-order valence-corrected chi connectivity index (χ1v) is 19.4. The van der Waals surface area contributed by atoms with Crippen LogP contribution in [0.3, 0.4) is 0 Å². The highest BCUT2D eigenvalue weighted by Gasteiger charge is 2.55. The van der Waals surface area contributed by atoms with Crippen LogP contribution in [0, 0.1) is 0 Å². The van der Waals surface area contributed by atoms with Crippen LogP contribution in [0.1, 0.15) is 13.8 Å². The molecule has 0 radical (unpaired) electrons. The van der Waals surface area contributed by atoms with Gasteiger partial charge in [0.05, 0.1) is 33.0 Å². The quantitative estimate of drug-likeness (QED) is 0.0535. The van der Waals surface area contributed by atoms with Crippen LogP contribution in [0.2, 0.25) is 0 Å². The molecule has 0 aromatic rings. The van der Waals surface area contributed by atoms with Gasteiger partial charge in [-0.25, -0.2) is 0 Å². The SMILES string of the molecule is CC(=O)N[C@H]1[C@H](O[C@@H]2[C@@H](OC[C@H]3O[C@@H](O[C@@H]([C@H](O)[C@H](C=O)NC(C)=O)[C@H](O)CO)[C@@H](O)[C@@H](O)[C@@H]3O)O[C@H](CO)[C@@H](O)[C@@H]2O)O[C@H](CO)[C@@H](O[C@@H]2O[C@H](CO)[C@H](O)[C@H](O)[C@H]2O)[C@@H]1O. The second kappa shape index (κ2) is 23.2. The Hall–Kier alpha value is -2.31. The summed E-state index contributed by atoms with van der Waals surface area (Å²) in [5.41, 5.74) is 0. The maximum absolute atomic E-state index is 12.4. The normalized spacial score (nSPS) is 43.5. The molecule has 0 aliphatic carbocycles. The van der Waals surface area contributed by atoms with Crippen LogP contribution < -0.4 is 10.6 Å². The lowest BCUT2D eigenvalue weighted by atomic mass is 9.94. The molecule has 4 saturated heterocycles. The third-order valence-corrected chi connectivity index (χ3v) is 10.7. The molecule has 0 saturated carbocycles. The van der Waals surface area contributed by atoms with Crippen molar-refractivity contribution < 1.29 is 129 Å². The van der Waals surface area contributed by atoms with Crippen molar-refractivity contribution >= 4 is 18.1 Å². The number of nitrogens with one attached hydrogen (secondary N) is 2. The highest BCUT2D eigenvalue weighted by atomic mass is 16.8. The third-order valence-electron chi connectivity index (χ3n) is 10.7. The zero-order valence-electron chi connectivity index (χ0n) is 33.2. The molecular formula is C34H58N2O26. The van der Waals surface area contributed by atoms with Gasteiger partial charge in [-0.05, 0) is 0 Å². The number of aldehydes is 1. The number of hydrogen-bond donors (Lipinski definition) is 17. The number of carbonyl (C=O) groups excluding carboxylic acids is 3. The summed E-state index contributed by atoms with van der Waals surface area (Å²) in [6.07, 6.45) is -41.7. The predicted molar refractivity (Wildman–Crippen MR) is 191 cm³/mol. The Balaban J connectivity index is 1.56. The number of aliphatic hydroxyl groups excluding tert-OH is 15. The van der Waals surface area contributed by atoms with E-state index in [4.69, 9.17) is 37.9 Å². The minimum atomic E-state index is -2.14. The average molecular weight is 911 g/mol. The van der Waals surface area contributed by atoms with Crippen LogP contribution in [-0.4, -0.2) is 275 Å². The van der Waals surface area contributed by atoms with Crippen molar-refractivity contribution in [3.05, 3.63) is 0 Å². The van der Waals surface area contributed by atoms with Crippen LogP contribution in [0.4, 0.5) is 0 Å². The van der Waals surface area contributed by atoms with Gasteiger partial charge in [-0.15, -0.1) is 0 Å². The van der Waals surface area contributed by atoms with Gasteiger partial charge >= 0.3 is 0 Å². The summed E-state index contributed by atoms with van der Waals surface area (Å²) in [6.45, 7) is -2.71. The van der Waals surface area contributed by atoms with E-state index in [-0.39, 0.29) is 6.29 Å². The van der Waals surface area contributed by atoms with Gasteiger partial charge in [0, 0.05) is 13.8 Å². The van der Waals surface area contributed by atoms with Gasteiger partial charge in [-0.3, -0.25) is 9.59 Å². The summed E-state index contributed by atoms with van der Waals surface area (Å²) in [4.78, 5) is 35.5. The predicted octanol–water partition coefficient (Wildman–Crippen LogP) is -11.8. The number of aliphatic hydroxyl groups is 15. The molecule has 2 amide bonds. The van der Waals surface area contributed by atoms with Crippen molar-refractivity contribution in [1.29, 1.82) is 0 Å². The van der Waals surface area contributed by atoms with Gasteiger partial charge < -0.3 is 130 Å². The maximum atomic E-state index is 12.4. The van der Waals surface area contributed by atoms with Crippen molar-refractivity contribution in [2.45, 2.75) is 161 Å². The Labute approximate surface area is 351 Å². The first-order chi connectivity index (χ1) is 29.2. The standard InChI is InChI=1S/C34H58N2O26/c1-9(42)35-11(3-37)18(45)28(12(44)4-38)60-33-27(54)24(51)21(48)16(59-33)8-55-34-30(25(52)20(47)14(6-40)57-34)62-31-17(36-10(2)43)22(49)29(15(7-41)58-31)61-32-26(53)23(50)19(46)13(5-39)56-32/h3,11-34,38-41,44-54H,4-8H2,1-2H3,(H,35,42)(H,36,43)/t11-,12+,13+,14+,15+,16+,17+,18+,19-,20+,21+,22+,23-,24-,25-,26+,27-,28+,29+,30-,31-,32-,33-,34-/m0/s1. The van der Waals surface area contributed by atoms with Crippen molar-refractivity contribution in [2.75, 3.05) is 33.0 Å². The molecule has 4 heterocycles. The van der Waals surface area contributed by atoms with E-state index in [1.54, 1.807) is 0 Å². The minimum Gasteiger partial charge on any atom is -0.394 e. The van der Waals surface area contributed by atoms with Crippen molar-refractivity contribution in [1.82, 2.24) is 10.6 Å². The lowest BCUT2D eigenvalue weighted by Crippen LogP contribution is -2.69. The summed E-state index contributed by atoms with van der Waals surface area (Å²) in [6, 6.07) is -3.42. The van der Waals surface area contributed by atoms with Gasteiger partial charge in [0.15, 0.2) is 25.2 Å². The fraction of sp³-hybridized carbons (Fsp3) is 0.912. The monoisotopic (exact) mass is 910 g/mol. The van der Waals surface area contributed by atoms with Crippen LogP contribution in [-0.2, 0) is 52.3 Å². The Morgan fingerprint density at radius 2 is 1.10 bits per heavy atom. The molecule has 4 fully saturated rings. The van der Waals surface area contributed by atoms with Gasteiger partial charge in [0.1, 0.15) is 128 Å². The first-order valence-electron chi connectivity index (χ1n) is 19.4. The molecule has 0 aromatic carbocycles. The van der Waals surface area contributed by atoms with Crippen molar-refractivity contribution in [2.24, 2.45) is 0 Å². The van der Waals surface area contributed by atoms with Crippen molar-refractivity contribution in [3.8, 4) is 0 Å².